The highest BCUT2D eigenvalue weighted by molar-refractivity contribution is 6.29. The molecule has 2 aromatic carbocycles. The number of carbonyl (C=O) groups excluding carboxylic acids is 2. The van der Waals surface area contributed by atoms with E-state index < -0.39 is 23.7 Å². The molecule has 0 radical (unpaired) electrons. The molecule has 1 N–H and O–H groups in total. The van der Waals surface area contributed by atoms with E-state index in [0.717, 1.165) is 32.1 Å². The third-order valence-electron chi connectivity index (χ3n) is 5.39. The van der Waals surface area contributed by atoms with Gasteiger partial charge in [-0.05, 0) is 43.2 Å². The first kappa shape index (κ1) is 22.1. The van der Waals surface area contributed by atoms with E-state index in [1.807, 2.05) is 0 Å². The van der Waals surface area contributed by atoms with Gasteiger partial charge in [0.15, 0.2) is 0 Å². The lowest BCUT2D eigenvalue weighted by molar-refractivity contribution is -0.126. The van der Waals surface area contributed by atoms with E-state index in [0.29, 0.717) is 11.4 Å². The minimum Gasteiger partial charge on any atom is -0.497 e. The van der Waals surface area contributed by atoms with Crippen molar-refractivity contribution in [2.75, 3.05) is 17.9 Å². The van der Waals surface area contributed by atoms with Crippen molar-refractivity contribution < 1.29 is 18.7 Å². The molecule has 30 heavy (non-hydrogen) atoms. The van der Waals surface area contributed by atoms with Gasteiger partial charge in [-0.1, -0.05) is 37.5 Å². The molecule has 0 spiro atoms. The topological polar surface area (TPSA) is 58.6 Å². The van der Waals surface area contributed by atoms with Crippen LogP contribution >= 0.6 is 11.6 Å². The van der Waals surface area contributed by atoms with Crippen molar-refractivity contribution in [1.82, 2.24) is 5.32 Å². The Kier molecular flexibility index (Phi) is 7.69. The Morgan fingerprint density at radius 2 is 1.80 bits per heavy atom. The molecule has 0 unspecified atom stereocenters. The van der Waals surface area contributed by atoms with E-state index >= 15 is 0 Å². The lowest BCUT2D eigenvalue weighted by Crippen LogP contribution is -2.48. The summed E-state index contributed by atoms with van der Waals surface area (Å²) in [6.45, 7) is 0. The molecule has 1 fully saturated rings. The number of halogens is 2. The second kappa shape index (κ2) is 10.4. The van der Waals surface area contributed by atoms with Crippen LogP contribution in [0.3, 0.4) is 0 Å². The molecule has 2 amide bonds. The van der Waals surface area contributed by atoms with Crippen LogP contribution < -0.4 is 15.0 Å². The predicted molar refractivity (Wildman–Crippen MR) is 115 cm³/mol. The van der Waals surface area contributed by atoms with E-state index in [1.165, 1.54) is 24.1 Å². The van der Waals surface area contributed by atoms with Crippen molar-refractivity contribution in [1.29, 1.82) is 0 Å². The average molecular weight is 433 g/mol. The molecule has 5 nitrogen and oxygen atoms in total. The number of amides is 2. The van der Waals surface area contributed by atoms with E-state index in [9.17, 15) is 14.0 Å². The van der Waals surface area contributed by atoms with Gasteiger partial charge < -0.3 is 10.1 Å². The van der Waals surface area contributed by atoms with Crippen LogP contribution in [0, 0.1) is 5.82 Å². The van der Waals surface area contributed by atoms with Crippen LogP contribution in [-0.4, -0.2) is 30.8 Å². The van der Waals surface area contributed by atoms with Crippen molar-refractivity contribution in [2.24, 2.45) is 0 Å². The van der Waals surface area contributed by atoms with Crippen molar-refractivity contribution in [3.63, 3.8) is 0 Å². The van der Waals surface area contributed by atoms with E-state index in [1.54, 1.807) is 36.4 Å². The predicted octanol–water partition coefficient (Wildman–Crippen LogP) is 4.60. The van der Waals surface area contributed by atoms with E-state index in [2.05, 4.69) is 5.32 Å². The summed E-state index contributed by atoms with van der Waals surface area (Å²) in [5.41, 5.74) is 0.564. The number of nitrogens with one attached hydrogen (secondary N) is 1. The fourth-order valence-corrected chi connectivity index (χ4v) is 3.99. The lowest BCUT2D eigenvalue weighted by Gasteiger charge is -2.33. The van der Waals surface area contributed by atoms with Crippen LogP contribution in [0.1, 0.15) is 43.7 Å². The van der Waals surface area contributed by atoms with Crippen molar-refractivity contribution in [3.05, 3.63) is 59.9 Å². The summed E-state index contributed by atoms with van der Waals surface area (Å²) in [7, 11) is 1.54. The Bertz CT molecular complexity index is 869. The smallest absolute Gasteiger partial charge is 0.248 e. The highest BCUT2D eigenvalue weighted by Crippen LogP contribution is 2.31. The van der Waals surface area contributed by atoms with Gasteiger partial charge in [-0.3, -0.25) is 14.5 Å². The SMILES string of the molecule is COc1ccc(N(C(=O)CCl)[C@@H](C(=O)NC2CCCCC2)c2ccccc2F)cc1. The molecule has 2 aromatic rings. The van der Waals surface area contributed by atoms with E-state index in [-0.39, 0.29) is 17.5 Å². The molecule has 160 valence electrons. The Labute approximate surface area is 181 Å². The van der Waals surface area contributed by atoms with Gasteiger partial charge in [0.2, 0.25) is 11.8 Å². The monoisotopic (exact) mass is 432 g/mol. The first-order valence-corrected chi connectivity index (χ1v) is 10.7. The minimum atomic E-state index is -1.17. The molecule has 1 atom stereocenters. The van der Waals surface area contributed by atoms with Gasteiger partial charge in [-0.15, -0.1) is 11.6 Å². The summed E-state index contributed by atoms with van der Waals surface area (Å²) < 4.78 is 19.9. The molecule has 0 aliphatic heterocycles. The number of anilines is 1. The lowest BCUT2D eigenvalue weighted by atomic mass is 9.94. The number of carbonyl (C=O) groups is 2. The maximum absolute atomic E-state index is 14.8. The number of hydrogen-bond donors (Lipinski definition) is 1. The van der Waals surface area contributed by atoms with Crippen molar-refractivity contribution >= 4 is 29.1 Å². The quantitative estimate of drug-likeness (QED) is 0.650. The number of rotatable bonds is 7. The fourth-order valence-electron chi connectivity index (χ4n) is 3.87. The van der Waals surface area contributed by atoms with Crippen molar-refractivity contribution in [2.45, 2.75) is 44.2 Å². The molecule has 1 aliphatic rings. The highest BCUT2D eigenvalue weighted by Gasteiger charge is 2.35. The number of alkyl halides is 1. The van der Waals surface area contributed by atoms with Gasteiger partial charge >= 0.3 is 0 Å². The molecular weight excluding hydrogens is 407 g/mol. The highest BCUT2D eigenvalue weighted by atomic mass is 35.5. The number of methoxy groups -OCH3 is 1. The fraction of sp³-hybridized carbons (Fsp3) is 0.391. The maximum Gasteiger partial charge on any atom is 0.248 e. The third-order valence-corrected chi connectivity index (χ3v) is 5.62. The standard InChI is InChI=1S/C23H26ClFN2O3/c1-30-18-13-11-17(12-14-18)27(21(28)15-24)22(19-9-5-6-10-20(19)25)23(29)26-16-7-3-2-4-8-16/h5-6,9-14,16,22H,2-4,7-8,15H2,1H3,(H,26,29)/t22-/m1/s1. The minimum absolute atomic E-state index is 0.0179. The molecular formula is C23H26ClFN2O3. The molecule has 7 heteroatoms. The zero-order valence-corrected chi connectivity index (χ0v) is 17.7. The van der Waals surface area contributed by atoms with Crippen LogP contribution in [0.25, 0.3) is 0 Å². The Morgan fingerprint density at radius 3 is 2.40 bits per heavy atom. The Morgan fingerprint density at radius 1 is 1.13 bits per heavy atom. The van der Waals surface area contributed by atoms with Gasteiger partial charge in [0.25, 0.3) is 0 Å². The van der Waals surface area contributed by atoms with Crippen LogP contribution in [0.15, 0.2) is 48.5 Å². The molecule has 0 saturated heterocycles. The summed E-state index contributed by atoms with van der Waals surface area (Å²) in [4.78, 5) is 27.5. The average Bonchev–Trinajstić information content (AvgIpc) is 2.78. The van der Waals surface area contributed by atoms with Crippen molar-refractivity contribution in [3.8, 4) is 5.75 Å². The second-order valence-electron chi connectivity index (χ2n) is 7.36. The first-order valence-electron chi connectivity index (χ1n) is 10.1. The second-order valence-corrected chi connectivity index (χ2v) is 7.63. The number of hydrogen-bond acceptors (Lipinski definition) is 3. The zero-order valence-electron chi connectivity index (χ0n) is 16.9. The molecule has 1 saturated carbocycles. The summed E-state index contributed by atoms with van der Waals surface area (Å²) in [6.07, 6.45) is 4.98. The largest absolute Gasteiger partial charge is 0.497 e. The first-order chi connectivity index (χ1) is 14.5. The summed E-state index contributed by atoms with van der Waals surface area (Å²) >= 11 is 5.88. The molecule has 0 heterocycles. The summed E-state index contributed by atoms with van der Waals surface area (Å²) in [5.74, 6) is -1.20. The molecule has 0 bridgehead atoms. The van der Waals surface area contributed by atoms with Crippen LogP contribution in [0.2, 0.25) is 0 Å². The van der Waals surface area contributed by atoms with Gasteiger partial charge in [0.1, 0.15) is 23.5 Å². The van der Waals surface area contributed by atoms with Gasteiger partial charge in [-0.25, -0.2) is 4.39 Å². The number of nitrogens with zero attached hydrogens (tertiary/aromatic N) is 1. The maximum atomic E-state index is 14.8. The molecule has 1 aliphatic carbocycles. The molecule has 0 aromatic heterocycles. The Balaban J connectivity index is 2.02. The van der Waals surface area contributed by atoms with Crippen LogP contribution in [-0.2, 0) is 9.59 Å². The normalized spacial score (nSPS) is 15.3. The van der Waals surface area contributed by atoms with Gasteiger partial charge in [0, 0.05) is 17.3 Å². The van der Waals surface area contributed by atoms with Gasteiger partial charge in [-0.2, -0.15) is 0 Å². The number of benzene rings is 2. The Hall–Kier alpha value is -2.60. The van der Waals surface area contributed by atoms with E-state index in [4.69, 9.17) is 16.3 Å². The van der Waals surface area contributed by atoms with Gasteiger partial charge in [0.05, 0.1) is 7.11 Å². The third kappa shape index (κ3) is 5.11. The molecule has 3 rings (SSSR count). The van der Waals surface area contributed by atoms with Crippen LogP contribution in [0.5, 0.6) is 5.75 Å². The summed E-state index contributed by atoms with van der Waals surface area (Å²) in [5, 5.41) is 3.03. The number of ether oxygens (including phenoxy) is 1. The summed E-state index contributed by atoms with van der Waals surface area (Å²) in [6, 6.07) is 11.5. The van der Waals surface area contributed by atoms with Crippen LogP contribution in [0.4, 0.5) is 10.1 Å². The zero-order chi connectivity index (χ0) is 21.5.